The maximum absolute atomic E-state index is 11.5. The number of halogens is 1. The topological polar surface area (TPSA) is 70.2 Å². The highest BCUT2D eigenvalue weighted by Crippen LogP contribution is 2.35. The molecule has 1 aliphatic carbocycles. The van der Waals surface area contributed by atoms with Crippen molar-refractivity contribution in [2.24, 2.45) is 0 Å². The molecule has 2 rings (SSSR count). The van der Waals surface area contributed by atoms with Gasteiger partial charge in [0.25, 0.3) is 5.56 Å². The van der Waals surface area contributed by atoms with Gasteiger partial charge in [0.2, 0.25) is 0 Å². The average molecular weight is 242 g/mol. The number of carbonyl (C=O) groups is 1. The van der Waals surface area contributed by atoms with E-state index in [4.69, 9.17) is 16.7 Å². The Morgan fingerprint density at radius 3 is 2.62 bits per heavy atom. The molecule has 16 heavy (non-hydrogen) atoms. The molecule has 0 saturated heterocycles. The van der Waals surface area contributed by atoms with Crippen LogP contribution in [-0.2, 0) is 0 Å². The Balaban J connectivity index is 2.45. The zero-order chi connectivity index (χ0) is 11.7. The van der Waals surface area contributed by atoms with E-state index < -0.39 is 11.5 Å². The third-order valence-electron chi connectivity index (χ3n) is 3.02. The van der Waals surface area contributed by atoms with E-state index in [1.165, 1.54) is 6.07 Å². The quantitative estimate of drug-likeness (QED) is 0.835. The lowest BCUT2D eigenvalue weighted by Crippen LogP contribution is -2.20. The van der Waals surface area contributed by atoms with Crippen LogP contribution in [0.25, 0.3) is 0 Å². The highest BCUT2D eigenvalue weighted by molar-refractivity contribution is 6.31. The number of carboxylic acids is 1. The van der Waals surface area contributed by atoms with Crippen LogP contribution >= 0.6 is 11.6 Å². The fourth-order valence-electron chi connectivity index (χ4n) is 2.19. The highest BCUT2D eigenvalue weighted by atomic mass is 35.5. The molecular formula is C11H12ClNO3. The second kappa shape index (κ2) is 4.29. The highest BCUT2D eigenvalue weighted by Gasteiger charge is 2.22. The molecule has 5 heteroatoms. The number of hydrogen-bond donors (Lipinski definition) is 2. The number of rotatable bonds is 2. The summed E-state index contributed by atoms with van der Waals surface area (Å²) in [4.78, 5) is 24.8. The summed E-state index contributed by atoms with van der Waals surface area (Å²) in [6.07, 6.45) is 4.26. The minimum atomic E-state index is -1.25. The summed E-state index contributed by atoms with van der Waals surface area (Å²) in [7, 11) is 0. The van der Waals surface area contributed by atoms with E-state index in [1.807, 2.05) is 0 Å². The zero-order valence-electron chi connectivity index (χ0n) is 8.62. The lowest BCUT2D eigenvalue weighted by Gasteiger charge is -2.11. The molecule has 0 atom stereocenters. The third kappa shape index (κ3) is 1.97. The van der Waals surface area contributed by atoms with Gasteiger partial charge in [0, 0.05) is 11.6 Å². The number of H-pyrrole nitrogens is 1. The first kappa shape index (κ1) is 11.2. The second-order valence-corrected chi connectivity index (χ2v) is 4.47. The summed E-state index contributed by atoms with van der Waals surface area (Å²) in [6.45, 7) is 0. The van der Waals surface area contributed by atoms with Gasteiger partial charge in [0.1, 0.15) is 5.56 Å². The average Bonchev–Trinajstić information content (AvgIpc) is 2.73. The molecule has 86 valence electrons. The fraction of sp³-hybridized carbons (Fsp3) is 0.455. The fourth-order valence-corrected chi connectivity index (χ4v) is 2.50. The van der Waals surface area contributed by atoms with E-state index in [0.717, 1.165) is 25.7 Å². The molecule has 0 unspecified atom stereocenters. The number of nitrogens with one attached hydrogen (secondary N) is 1. The molecule has 0 aromatic carbocycles. The predicted molar refractivity (Wildman–Crippen MR) is 60.2 cm³/mol. The van der Waals surface area contributed by atoms with Crippen LogP contribution in [0.15, 0.2) is 10.9 Å². The van der Waals surface area contributed by atoms with Gasteiger partial charge in [0.15, 0.2) is 0 Å². The molecule has 0 spiro atoms. The number of carboxylic acid groups (broad SMARTS) is 1. The molecule has 1 fully saturated rings. The standard InChI is InChI=1S/C11H12ClNO3/c12-8-5-7(11(15)16)10(14)13-9(8)6-3-1-2-4-6/h5-6H,1-4H2,(H,13,14)(H,15,16). The number of aromatic amines is 1. The number of hydrogen-bond acceptors (Lipinski definition) is 2. The van der Waals surface area contributed by atoms with Crippen molar-refractivity contribution in [1.29, 1.82) is 0 Å². The van der Waals surface area contributed by atoms with Gasteiger partial charge in [-0.05, 0) is 18.9 Å². The minimum Gasteiger partial charge on any atom is -0.477 e. The van der Waals surface area contributed by atoms with Gasteiger partial charge < -0.3 is 10.1 Å². The van der Waals surface area contributed by atoms with Crippen LogP contribution in [0, 0.1) is 0 Å². The molecule has 0 bridgehead atoms. The van der Waals surface area contributed by atoms with Crippen molar-refractivity contribution in [2.75, 3.05) is 0 Å². The van der Waals surface area contributed by atoms with Gasteiger partial charge in [0.05, 0.1) is 5.02 Å². The Morgan fingerprint density at radius 1 is 1.44 bits per heavy atom. The lowest BCUT2D eigenvalue weighted by molar-refractivity contribution is 0.0695. The van der Waals surface area contributed by atoms with Gasteiger partial charge in [-0.2, -0.15) is 0 Å². The summed E-state index contributed by atoms with van der Waals surface area (Å²) in [5.41, 5.74) is -0.181. The summed E-state index contributed by atoms with van der Waals surface area (Å²) in [6, 6.07) is 1.25. The van der Waals surface area contributed by atoms with Crippen molar-refractivity contribution >= 4 is 17.6 Å². The van der Waals surface area contributed by atoms with Crippen LogP contribution in [0.1, 0.15) is 47.7 Å². The zero-order valence-corrected chi connectivity index (χ0v) is 9.38. The molecule has 1 aromatic heterocycles. The first-order valence-corrected chi connectivity index (χ1v) is 5.63. The van der Waals surface area contributed by atoms with Crippen molar-refractivity contribution < 1.29 is 9.90 Å². The first-order valence-electron chi connectivity index (χ1n) is 5.25. The van der Waals surface area contributed by atoms with Crippen LogP contribution in [0.2, 0.25) is 5.02 Å². The summed E-state index contributed by atoms with van der Waals surface area (Å²) >= 11 is 5.99. The molecular weight excluding hydrogens is 230 g/mol. The van der Waals surface area contributed by atoms with E-state index >= 15 is 0 Å². The van der Waals surface area contributed by atoms with Crippen molar-refractivity contribution in [3.8, 4) is 0 Å². The summed E-state index contributed by atoms with van der Waals surface area (Å²) in [5.74, 6) is -0.982. The van der Waals surface area contributed by atoms with E-state index in [0.29, 0.717) is 10.7 Å². The summed E-state index contributed by atoms with van der Waals surface area (Å²) in [5, 5.41) is 9.12. The lowest BCUT2D eigenvalue weighted by atomic mass is 10.0. The van der Waals surface area contributed by atoms with Crippen LogP contribution in [-0.4, -0.2) is 16.1 Å². The second-order valence-electron chi connectivity index (χ2n) is 4.06. The predicted octanol–water partition coefficient (Wildman–Crippen LogP) is 2.38. The molecule has 1 heterocycles. The molecule has 0 aliphatic heterocycles. The molecule has 4 nitrogen and oxygen atoms in total. The van der Waals surface area contributed by atoms with Gasteiger partial charge in [-0.3, -0.25) is 4.79 Å². The van der Waals surface area contributed by atoms with Crippen LogP contribution in [0.4, 0.5) is 0 Å². The van der Waals surface area contributed by atoms with Crippen molar-refractivity contribution in [2.45, 2.75) is 31.6 Å². The molecule has 1 aliphatic rings. The Bertz CT molecular complexity index is 475. The normalized spacial score (nSPS) is 16.6. The van der Waals surface area contributed by atoms with Gasteiger partial charge in [-0.25, -0.2) is 4.79 Å². The Hall–Kier alpha value is -1.29. The molecule has 0 amide bonds. The Labute approximate surface area is 97.3 Å². The van der Waals surface area contributed by atoms with Gasteiger partial charge in [-0.1, -0.05) is 24.4 Å². The van der Waals surface area contributed by atoms with E-state index in [9.17, 15) is 9.59 Å². The summed E-state index contributed by atoms with van der Waals surface area (Å²) < 4.78 is 0. The van der Waals surface area contributed by atoms with Crippen molar-refractivity contribution in [3.05, 3.63) is 32.7 Å². The van der Waals surface area contributed by atoms with E-state index in [-0.39, 0.29) is 11.5 Å². The van der Waals surface area contributed by atoms with Crippen LogP contribution in [0.3, 0.4) is 0 Å². The SMILES string of the molecule is O=C(O)c1cc(Cl)c(C2CCCC2)[nH]c1=O. The van der Waals surface area contributed by atoms with Gasteiger partial charge >= 0.3 is 5.97 Å². The molecule has 1 aromatic rings. The molecule has 2 N–H and O–H groups in total. The van der Waals surface area contributed by atoms with Crippen molar-refractivity contribution in [1.82, 2.24) is 4.98 Å². The third-order valence-corrected chi connectivity index (χ3v) is 3.33. The Kier molecular flexibility index (Phi) is 3.01. The molecule has 0 radical (unpaired) electrons. The number of aromatic nitrogens is 1. The van der Waals surface area contributed by atoms with Crippen LogP contribution in [0.5, 0.6) is 0 Å². The molecule has 1 saturated carbocycles. The number of pyridine rings is 1. The minimum absolute atomic E-state index is 0.267. The van der Waals surface area contributed by atoms with Gasteiger partial charge in [-0.15, -0.1) is 0 Å². The monoisotopic (exact) mass is 241 g/mol. The first-order chi connectivity index (χ1) is 7.59. The van der Waals surface area contributed by atoms with Crippen molar-refractivity contribution in [3.63, 3.8) is 0 Å². The maximum Gasteiger partial charge on any atom is 0.341 e. The van der Waals surface area contributed by atoms with E-state index in [2.05, 4.69) is 4.98 Å². The largest absolute Gasteiger partial charge is 0.477 e. The number of aromatic carboxylic acids is 1. The smallest absolute Gasteiger partial charge is 0.341 e. The Morgan fingerprint density at radius 2 is 2.06 bits per heavy atom. The van der Waals surface area contributed by atoms with E-state index in [1.54, 1.807) is 0 Å². The maximum atomic E-state index is 11.5. The van der Waals surface area contributed by atoms with Crippen LogP contribution < -0.4 is 5.56 Å².